The van der Waals surface area contributed by atoms with E-state index in [9.17, 15) is 18.3 Å². The van der Waals surface area contributed by atoms with Crippen LogP contribution in [-0.2, 0) is 6.18 Å². The SMILES string of the molecule is CC1(O)CCC(Nc2ccc3nnc(-c4cccc(C(F)(F)F)c4)n3c2)CC1. The second kappa shape index (κ2) is 6.77. The summed E-state index contributed by atoms with van der Waals surface area (Å²) in [5, 5.41) is 21.7. The van der Waals surface area contributed by atoms with Crippen LogP contribution in [0.25, 0.3) is 17.0 Å². The molecule has 28 heavy (non-hydrogen) atoms. The first-order valence-corrected chi connectivity index (χ1v) is 9.23. The smallest absolute Gasteiger partial charge is 0.390 e. The van der Waals surface area contributed by atoms with Gasteiger partial charge in [-0.3, -0.25) is 4.40 Å². The van der Waals surface area contributed by atoms with Crippen molar-refractivity contribution in [1.82, 2.24) is 14.6 Å². The van der Waals surface area contributed by atoms with E-state index >= 15 is 0 Å². The summed E-state index contributed by atoms with van der Waals surface area (Å²) in [4.78, 5) is 0. The van der Waals surface area contributed by atoms with Gasteiger partial charge in [-0.1, -0.05) is 12.1 Å². The van der Waals surface area contributed by atoms with Crippen LogP contribution in [0.4, 0.5) is 18.9 Å². The number of aliphatic hydroxyl groups is 1. The standard InChI is InChI=1S/C20H21F3N4O/c1-19(28)9-7-15(8-10-19)24-16-5-6-17-25-26-18(27(17)12-16)13-3-2-4-14(11-13)20(21,22)23/h2-6,11-12,15,24,28H,7-10H2,1H3. The first-order chi connectivity index (χ1) is 13.2. The minimum Gasteiger partial charge on any atom is -0.390 e. The van der Waals surface area contributed by atoms with Crippen LogP contribution < -0.4 is 5.32 Å². The second-order valence-electron chi connectivity index (χ2n) is 7.66. The van der Waals surface area contributed by atoms with E-state index < -0.39 is 17.3 Å². The lowest BCUT2D eigenvalue weighted by Gasteiger charge is -2.33. The fraction of sp³-hybridized carbons (Fsp3) is 0.400. The third-order valence-electron chi connectivity index (χ3n) is 5.28. The molecule has 0 saturated heterocycles. The van der Waals surface area contributed by atoms with Crippen LogP contribution >= 0.6 is 0 Å². The lowest BCUT2D eigenvalue weighted by Crippen LogP contribution is -2.35. The van der Waals surface area contributed by atoms with Crippen molar-refractivity contribution in [3.05, 3.63) is 48.2 Å². The van der Waals surface area contributed by atoms with Crippen LogP contribution in [0.1, 0.15) is 38.2 Å². The molecular weight excluding hydrogens is 369 g/mol. The number of pyridine rings is 1. The number of rotatable bonds is 3. The Morgan fingerprint density at radius 3 is 2.61 bits per heavy atom. The van der Waals surface area contributed by atoms with Crippen molar-refractivity contribution in [2.45, 2.75) is 50.4 Å². The average Bonchev–Trinajstić information content (AvgIpc) is 3.06. The van der Waals surface area contributed by atoms with Crippen molar-refractivity contribution in [2.24, 2.45) is 0 Å². The van der Waals surface area contributed by atoms with E-state index in [1.165, 1.54) is 6.07 Å². The Labute approximate surface area is 160 Å². The first kappa shape index (κ1) is 18.7. The molecule has 1 aromatic carbocycles. The second-order valence-corrected chi connectivity index (χ2v) is 7.66. The van der Waals surface area contributed by atoms with Crippen LogP contribution in [0.2, 0.25) is 0 Å². The van der Waals surface area contributed by atoms with Gasteiger partial charge in [0, 0.05) is 17.8 Å². The summed E-state index contributed by atoms with van der Waals surface area (Å²) < 4.78 is 40.8. The largest absolute Gasteiger partial charge is 0.416 e. The quantitative estimate of drug-likeness (QED) is 0.690. The van der Waals surface area contributed by atoms with Gasteiger partial charge >= 0.3 is 6.18 Å². The first-order valence-electron chi connectivity index (χ1n) is 9.23. The molecule has 5 nitrogen and oxygen atoms in total. The van der Waals surface area contributed by atoms with Gasteiger partial charge in [-0.2, -0.15) is 13.2 Å². The summed E-state index contributed by atoms with van der Waals surface area (Å²) in [6.45, 7) is 1.85. The van der Waals surface area contributed by atoms with E-state index in [0.717, 1.165) is 43.5 Å². The Kier molecular flexibility index (Phi) is 4.53. The lowest BCUT2D eigenvalue weighted by atomic mass is 9.83. The fourth-order valence-corrected chi connectivity index (χ4v) is 3.63. The zero-order chi connectivity index (χ0) is 19.9. The highest BCUT2D eigenvalue weighted by Gasteiger charge is 2.31. The van der Waals surface area contributed by atoms with E-state index in [4.69, 9.17) is 0 Å². The Hall–Kier alpha value is -2.61. The van der Waals surface area contributed by atoms with Gasteiger partial charge in [0.2, 0.25) is 0 Å². The molecule has 0 atom stereocenters. The number of aromatic nitrogens is 3. The van der Waals surface area contributed by atoms with Crippen LogP contribution in [0, 0.1) is 0 Å². The molecule has 2 aromatic heterocycles. The molecule has 1 saturated carbocycles. The zero-order valence-corrected chi connectivity index (χ0v) is 15.4. The highest BCUT2D eigenvalue weighted by Crippen LogP contribution is 2.32. The van der Waals surface area contributed by atoms with E-state index in [-0.39, 0.29) is 6.04 Å². The Morgan fingerprint density at radius 1 is 1.14 bits per heavy atom. The maximum absolute atomic E-state index is 13.0. The summed E-state index contributed by atoms with van der Waals surface area (Å²) in [6.07, 6.45) is 0.564. The number of benzene rings is 1. The van der Waals surface area contributed by atoms with E-state index in [0.29, 0.717) is 17.0 Å². The van der Waals surface area contributed by atoms with Gasteiger partial charge in [0.15, 0.2) is 11.5 Å². The van der Waals surface area contributed by atoms with Crippen molar-refractivity contribution in [1.29, 1.82) is 0 Å². The van der Waals surface area contributed by atoms with Crippen LogP contribution in [0.3, 0.4) is 0 Å². The number of alkyl halides is 3. The van der Waals surface area contributed by atoms with E-state index in [2.05, 4.69) is 15.5 Å². The van der Waals surface area contributed by atoms with E-state index in [1.807, 2.05) is 13.0 Å². The Morgan fingerprint density at radius 2 is 1.89 bits per heavy atom. The minimum absolute atomic E-state index is 0.242. The fourth-order valence-electron chi connectivity index (χ4n) is 3.63. The predicted octanol–water partition coefficient (Wildman–Crippen LogP) is 4.52. The van der Waals surface area contributed by atoms with Crippen molar-refractivity contribution >= 4 is 11.3 Å². The van der Waals surface area contributed by atoms with E-state index in [1.54, 1.807) is 22.7 Å². The van der Waals surface area contributed by atoms with Gasteiger partial charge in [0.1, 0.15) is 0 Å². The number of hydrogen-bond acceptors (Lipinski definition) is 4. The highest BCUT2D eigenvalue weighted by molar-refractivity contribution is 5.62. The van der Waals surface area contributed by atoms with Crippen molar-refractivity contribution < 1.29 is 18.3 Å². The molecule has 0 radical (unpaired) electrons. The number of hydrogen-bond donors (Lipinski definition) is 2. The van der Waals surface area contributed by atoms with Crippen molar-refractivity contribution in [3.8, 4) is 11.4 Å². The highest BCUT2D eigenvalue weighted by atomic mass is 19.4. The maximum atomic E-state index is 13.0. The summed E-state index contributed by atoms with van der Waals surface area (Å²) in [6, 6.07) is 8.99. The molecular formula is C20H21F3N4O. The Balaban J connectivity index is 1.62. The van der Waals surface area contributed by atoms with Gasteiger partial charge in [0.05, 0.1) is 16.9 Å². The lowest BCUT2D eigenvalue weighted by molar-refractivity contribution is -0.137. The van der Waals surface area contributed by atoms with Gasteiger partial charge < -0.3 is 10.4 Å². The molecule has 3 aromatic rings. The molecule has 8 heteroatoms. The minimum atomic E-state index is -4.41. The van der Waals surface area contributed by atoms with Crippen LogP contribution in [0.5, 0.6) is 0 Å². The molecule has 0 unspecified atom stereocenters. The third kappa shape index (κ3) is 3.82. The molecule has 0 amide bonds. The molecule has 1 fully saturated rings. The van der Waals surface area contributed by atoms with Gasteiger partial charge in [0.25, 0.3) is 0 Å². The molecule has 0 spiro atoms. The normalized spacial score (nSPS) is 23.1. The molecule has 148 valence electrons. The molecule has 0 aliphatic heterocycles. The molecule has 4 rings (SSSR count). The number of nitrogens with one attached hydrogen (secondary N) is 1. The number of anilines is 1. The Bertz CT molecular complexity index is 987. The molecule has 2 heterocycles. The van der Waals surface area contributed by atoms with Crippen LogP contribution in [0.15, 0.2) is 42.6 Å². The summed E-state index contributed by atoms with van der Waals surface area (Å²) in [5.74, 6) is 0.358. The number of nitrogens with zero attached hydrogens (tertiary/aromatic N) is 3. The summed E-state index contributed by atoms with van der Waals surface area (Å²) in [7, 11) is 0. The van der Waals surface area contributed by atoms with Crippen molar-refractivity contribution in [3.63, 3.8) is 0 Å². The maximum Gasteiger partial charge on any atom is 0.416 e. The summed E-state index contributed by atoms with van der Waals surface area (Å²) in [5.41, 5.74) is 0.433. The van der Waals surface area contributed by atoms with Gasteiger partial charge in [-0.25, -0.2) is 0 Å². The third-order valence-corrected chi connectivity index (χ3v) is 5.28. The van der Waals surface area contributed by atoms with Crippen molar-refractivity contribution in [2.75, 3.05) is 5.32 Å². The zero-order valence-electron chi connectivity index (χ0n) is 15.4. The molecule has 0 bridgehead atoms. The van der Waals surface area contributed by atoms with Gasteiger partial charge in [-0.05, 0) is 56.9 Å². The monoisotopic (exact) mass is 390 g/mol. The molecule has 1 aliphatic carbocycles. The topological polar surface area (TPSA) is 62.5 Å². The van der Waals surface area contributed by atoms with Crippen LogP contribution in [-0.4, -0.2) is 31.3 Å². The average molecular weight is 390 g/mol. The molecule has 2 N–H and O–H groups in total. The predicted molar refractivity (Wildman–Crippen MR) is 99.9 cm³/mol. The van der Waals surface area contributed by atoms with Gasteiger partial charge in [-0.15, -0.1) is 10.2 Å². The molecule has 1 aliphatic rings. The number of fused-ring (bicyclic) bond motifs is 1. The number of halogens is 3. The summed E-state index contributed by atoms with van der Waals surface area (Å²) >= 11 is 0.